The first kappa shape index (κ1) is 12.9. The van der Waals surface area contributed by atoms with Crippen LogP contribution in [0.1, 0.15) is 32.6 Å². The Labute approximate surface area is 115 Å². The number of amides is 1. The zero-order chi connectivity index (χ0) is 12.5. The summed E-state index contributed by atoms with van der Waals surface area (Å²) in [4.78, 5) is 12.2. The van der Waals surface area contributed by atoms with Crippen molar-refractivity contribution in [3.05, 3.63) is 27.7 Å². The third kappa shape index (κ3) is 2.83. The molecule has 0 unspecified atom stereocenters. The number of anilines is 1. The van der Waals surface area contributed by atoms with Crippen LogP contribution < -0.4 is 5.32 Å². The summed E-state index contributed by atoms with van der Waals surface area (Å²) in [7, 11) is 0. The second-order valence-corrected chi connectivity index (χ2v) is 6.11. The van der Waals surface area contributed by atoms with Gasteiger partial charge in [0.1, 0.15) is 0 Å². The Balaban J connectivity index is 2.10. The molecular weight excluding hydrogens is 302 g/mol. The van der Waals surface area contributed by atoms with Gasteiger partial charge in [0, 0.05) is 15.6 Å². The fourth-order valence-corrected chi connectivity index (χ4v) is 2.73. The van der Waals surface area contributed by atoms with Crippen molar-refractivity contribution < 1.29 is 4.79 Å². The molecule has 1 aliphatic rings. The Kier molecular flexibility index (Phi) is 3.79. The minimum atomic E-state index is -0.202. The Bertz CT molecular complexity index is 441. The fourth-order valence-electron chi connectivity index (χ4n) is 2.24. The lowest BCUT2D eigenvalue weighted by molar-refractivity contribution is -0.124. The minimum absolute atomic E-state index is 0.115. The van der Waals surface area contributed by atoms with Crippen LogP contribution in [-0.2, 0) is 4.79 Å². The number of nitrogens with one attached hydrogen (secondary N) is 1. The van der Waals surface area contributed by atoms with E-state index >= 15 is 0 Å². The summed E-state index contributed by atoms with van der Waals surface area (Å²) in [6.45, 7) is 2.04. The molecule has 0 heterocycles. The largest absolute Gasteiger partial charge is 0.326 e. The molecule has 1 N–H and O–H groups in total. The molecule has 1 aliphatic carbocycles. The average Bonchev–Trinajstić information content (AvgIpc) is 2.72. The SMILES string of the molecule is CC1(C(=O)Nc2ccc(Cl)c(Br)c2)CCCC1. The lowest BCUT2D eigenvalue weighted by Crippen LogP contribution is -2.30. The van der Waals surface area contributed by atoms with Crippen molar-refractivity contribution in [3.8, 4) is 0 Å². The van der Waals surface area contributed by atoms with Crippen LogP contribution in [0.3, 0.4) is 0 Å². The normalized spacial score (nSPS) is 18.1. The number of rotatable bonds is 2. The van der Waals surface area contributed by atoms with Crippen LogP contribution in [-0.4, -0.2) is 5.91 Å². The average molecular weight is 317 g/mol. The van der Waals surface area contributed by atoms with E-state index in [4.69, 9.17) is 11.6 Å². The summed E-state index contributed by atoms with van der Waals surface area (Å²) in [6, 6.07) is 5.43. The van der Waals surface area contributed by atoms with Crippen molar-refractivity contribution >= 4 is 39.1 Å². The summed E-state index contributed by atoms with van der Waals surface area (Å²) in [6.07, 6.45) is 4.25. The van der Waals surface area contributed by atoms with Gasteiger partial charge >= 0.3 is 0 Å². The molecule has 1 amide bonds. The van der Waals surface area contributed by atoms with E-state index in [1.54, 1.807) is 6.07 Å². The highest BCUT2D eigenvalue weighted by atomic mass is 79.9. The third-order valence-corrected chi connectivity index (χ3v) is 4.65. The molecule has 0 spiro atoms. The number of halogens is 2. The van der Waals surface area contributed by atoms with Crippen LogP contribution in [0.5, 0.6) is 0 Å². The molecule has 4 heteroatoms. The highest BCUT2D eigenvalue weighted by molar-refractivity contribution is 9.10. The maximum Gasteiger partial charge on any atom is 0.230 e. The Morgan fingerprint density at radius 2 is 2.06 bits per heavy atom. The van der Waals surface area contributed by atoms with Gasteiger partial charge in [-0.05, 0) is 47.0 Å². The van der Waals surface area contributed by atoms with Crippen molar-refractivity contribution in [1.29, 1.82) is 0 Å². The Morgan fingerprint density at radius 1 is 1.41 bits per heavy atom. The molecule has 2 rings (SSSR count). The van der Waals surface area contributed by atoms with E-state index < -0.39 is 0 Å². The van der Waals surface area contributed by atoms with Crippen molar-refractivity contribution in [1.82, 2.24) is 0 Å². The Morgan fingerprint density at radius 3 is 2.65 bits per heavy atom. The molecule has 0 saturated heterocycles. The smallest absolute Gasteiger partial charge is 0.230 e. The standard InChI is InChI=1S/C13H15BrClNO/c1-13(6-2-3-7-13)12(17)16-9-4-5-11(15)10(14)8-9/h4-5,8H,2-3,6-7H2,1H3,(H,16,17). The van der Waals surface area contributed by atoms with E-state index in [0.29, 0.717) is 5.02 Å². The maximum atomic E-state index is 12.2. The van der Waals surface area contributed by atoms with Gasteiger partial charge in [-0.15, -0.1) is 0 Å². The molecule has 0 radical (unpaired) electrons. The molecule has 1 aromatic rings. The molecular formula is C13H15BrClNO. The highest BCUT2D eigenvalue weighted by Gasteiger charge is 2.36. The minimum Gasteiger partial charge on any atom is -0.326 e. The molecule has 92 valence electrons. The molecule has 0 aromatic heterocycles. The lowest BCUT2D eigenvalue weighted by Gasteiger charge is -2.22. The van der Waals surface area contributed by atoms with Gasteiger partial charge in [-0.3, -0.25) is 4.79 Å². The molecule has 2 nitrogen and oxygen atoms in total. The monoisotopic (exact) mass is 315 g/mol. The number of hydrogen-bond acceptors (Lipinski definition) is 1. The predicted molar refractivity (Wildman–Crippen MR) is 74.4 cm³/mol. The Hall–Kier alpha value is -0.540. The fraction of sp³-hybridized carbons (Fsp3) is 0.462. The van der Waals surface area contributed by atoms with E-state index in [2.05, 4.69) is 21.2 Å². The van der Waals surface area contributed by atoms with E-state index in [1.165, 1.54) is 0 Å². The molecule has 1 saturated carbocycles. The van der Waals surface area contributed by atoms with Crippen LogP contribution in [0.15, 0.2) is 22.7 Å². The second kappa shape index (κ2) is 4.99. The first-order valence-corrected chi connectivity index (χ1v) is 6.95. The van der Waals surface area contributed by atoms with Crippen LogP contribution in [0, 0.1) is 5.41 Å². The summed E-state index contributed by atoms with van der Waals surface area (Å²) >= 11 is 9.26. The molecule has 1 aromatic carbocycles. The molecule has 1 fully saturated rings. The van der Waals surface area contributed by atoms with Crippen LogP contribution >= 0.6 is 27.5 Å². The van der Waals surface area contributed by atoms with Gasteiger partial charge in [0.05, 0.1) is 5.02 Å². The molecule has 0 bridgehead atoms. The van der Waals surface area contributed by atoms with Gasteiger partial charge < -0.3 is 5.32 Å². The van der Waals surface area contributed by atoms with Gasteiger partial charge in [0.2, 0.25) is 5.91 Å². The molecule has 0 aliphatic heterocycles. The van der Waals surface area contributed by atoms with Crippen LogP contribution in [0.2, 0.25) is 5.02 Å². The van der Waals surface area contributed by atoms with Gasteiger partial charge in [0.25, 0.3) is 0 Å². The zero-order valence-corrected chi connectivity index (χ0v) is 12.1. The topological polar surface area (TPSA) is 29.1 Å². The maximum absolute atomic E-state index is 12.2. The quantitative estimate of drug-likeness (QED) is 0.847. The number of hydrogen-bond donors (Lipinski definition) is 1. The third-order valence-electron chi connectivity index (χ3n) is 3.43. The zero-order valence-electron chi connectivity index (χ0n) is 9.72. The van der Waals surface area contributed by atoms with Crippen molar-refractivity contribution in [2.45, 2.75) is 32.6 Å². The highest BCUT2D eigenvalue weighted by Crippen LogP contribution is 2.38. The van der Waals surface area contributed by atoms with E-state index in [9.17, 15) is 4.79 Å². The van der Waals surface area contributed by atoms with Gasteiger partial charge in [-0.25, -0.2) is 0 Å². The van der Waals surface area contributed by atoms with Gasteiger partial charge in [0.15, 0.2) is 0 Å². The van der Waals surface area contributed by atoms with E-state index in [0.717, 1.165) is 35.8 Å². The van der Waals surface area contributed by atoms with Gasteiger partial charge in [-0.2, -0.15) is 0 Å². The van der Waals surface area contributed by atoms with Crippen molar-refractivity contribution in [2.24, 2.45) is 5.41 Å². The van der Waals surface area contributed by atoms with E-state index in [1.807, 2.05) is 19.1 Å². The predicted octanol–water partition coefficient (Wildman–Crippen LogP) is 4.62. The first-order valence-electron chi connectivity index (χ1n) is 5.78. The summed E-state index contributed by atoms with van der Waals surface area (Å²) < 4.78 is 0.800. The van der Waals surface area contributed by atoms with Gasteiger partial charge in [-0.1, -0.05) is 31.4 Å². The lowest BCUT2D eigenvalue weighted by atomic mass is 9.88. The summed E-state index contributed by atoms with van der Waals surface area (Å²) in [5, 5.41) is 3.61. The number of carbonyl (C=O) groups is 1. The van der Waals surface area contributed by atoms with Crippen LogP contribution in [0.4, 0.5) is 5.69 Å². The first-order chi connectivity index (χ1) is 8.01. The van der Waals surface area contributed by atoms with Crippen molar-refractivity contribution in [2.75, 3.05) is 5.32 Å². The molecule has 17 heavy (non-hydrogen) atoms. The van der Waals surface area contributed by atoms with Crippen LogP contribution in [0.25, 0.3) is 0 Å². The number of carbonyl (C=O) groups excluding carboxylic acids is 1. The molecule has 0 atom stereocenters. The summed E-state index contributed by atoms with van der Waals surface area (Å²) in [5.41, 5.74) is 0.589. The van der Waals surface area contributed by atoms with E-state index in [-0.39, 0.29) is 11.3 Å². The summed E-state index contributed by atoms with van der Waals surface area (Å²) in [5.74, 6) is 0.115. The number of benzene rings is 1. The second-order valence-electron chi connectivity index (χ2n) is 4.85. The van der Waals surface area contributed by atoms with Crippen molar-refractivity contribution in [3.63, 3.8) is 0 Å².